The Hall–Kier alpha value is -1.55. The van der Waals surface area contributed by atoms with Crippen LogP contribution < -0.4 is 4.74 Å². The fourth-order valence-electron chi connectivity index (χ4n) is 2.38. The molecule has 4 heteroatoms. The first-order valence-electron chi connectivity index (χ1n) is 6.84. The van der Waals surface area contributed by atoms with Crippen molar-refractivity contribution in [3.63, 3.8) is 0 Å². The average Bonchev–Trinajstić information content (AvgIpc) is 2.78. The lowest BCUT2D eigenvalue weighted by atomic mass is 9.92. The summed E-state index contributed by atoms with van der Waals surface area (Å²) in [6.45, 7) is 7.45. The zero-order chi connectivity index (χ0) is 14.8. The van der Waals surface area contributed by atoms with Crippen LogP contribution in [-0.4, -0.2) is 16.7 Å². The van der Waals surface area contributed by atoms with Gasteiger partial charge in [0.15, 0.2) is 4.77 Å². The van der Waals surface area contributed by atoms with E-state index in [1.54, 1.807) is 7.11 Å². The van der Waals surface area contributed by atoms with Crippen LogP contribution in [-0.2, 0) is 18.4 Å². The van der Waals surface area contributed by atoms with Crippen molar-refractivity contribution in [3.8, 4) is 5.75 Å². The fraction of sp³-hybridized carbons (Fsp3) is 0.438. The van der Waals surface area contributed by atoms with Gasteiger partial charge < -0.3 is 14.3 Å². The number of rotatable bonds is 4. The van der Waals surface area contributed by atoms with Crippen LogP contribution in [0, 0.1) is 4.77 Å². The lowest BCUT2D eigenvalue weighted by Gasteiger charge is -2.21. The summed E-state index contributed by atoms with van der Waals surface area (Å²) >= 11 is 5.39. The normalized spacial score (nSPS) is 11.6. The lowest BCUT2D eigenvalue weighted by molar-refractivity contribution is 0.407. The molecule has 0 amide bonds. The van der Waals surface area contributed by atoms with Crippen molar-refractivity contribution in [1.29, 1.82) is 0 Å². The largest absolute Gasteiger partial charge is 0.496 e. The van der Waals surface area contributed by atoms with Gasteiger partial charge in [0.1, 0.15) is 5.75 Å². The average molecular weight is 290 g/mol. The minimum atomic E-state index is 0.0777. The molecule has 0 radical (unpaired) electrons. The Balaban J connectivity index is 2.24. The van der Waals surface area contributed by atoms with Gasteiger partial charge in [-0.05, 0) is 30.3 Å². The van der Waals surface area contributed by atoms with E-state index >= 15 is 0 Å². The molecule has 0 aliphatic carbocycles. The van der Waals surface area contributed by atoms with Crippen molar-refractivity contribution in [2.24, 2.45) is 0 Å². The number of aryl methyl sites for hydroxylation is 1. The van der Waals surface area contributed by atoms with Crippen LogP contribution in [0.4, 0.5) is 0 Å². The van der Waals surface area contributed by atoms with E-state index in [0.29, 0.717) is 0 Å². The Bertz CT molecular complexity index is 634. The number of ether oxygens (including phenoxy) is 1. The number of hydrogen-bond acceptors (Lipinski definition) is 2. The predicted molar refractivity (Wildman–Crippen MR) is 85.0 cm³/mol. The van der Waals surface area contributed by atoms with Crippen LogP contribution in [0.1, 0.15) is 32.0 Å². The highest BCUT2D eigenvalue weighted by Gasteiger charge is 2.19. The molecule has 0 bridgehead atoms. The Labute approximate surface area is 125 Å². The van der Waals surface area contributed by atoms with Gasteiger partial charge in [-0.2, -0.15) is 0 Å². The predicted octanol–water partition coefficient (Wildman–Crippen LogP) is 4.09. The summed E-state index contributed by atoms with van der Waals surface area (Å²) in [5, 5.41) is 0. The van der Waals surface area contributed by atoms with E-state index in [9.17, 15) is 0 Å². The topological polar surface area (TPSA) is 29.9 Å². The summed E-state index contributed by atoms with van der Waals surface area (Å²) in [6, 6.07) is 8.13. The molecule has 1 heterocycles. The highest BCUT2D eigenvalue weighted by Crippen LogP contribution is 2.24. The van der Waals surface area contributed by atoms with E-state index in [1.807, 2.05) is 24.4 Å². The third-order valence-corrected chi connectivity index (χ3v) is 3.77. The maximum Gasteiger partial charge on any atom is 0.177 e. The van der Waals surface area contributed by atoms with Crippen molar-refractivity contribution in [2.75, 3.05) is 7.11 Å². The van der Waals surface area contributed by atoms with Crippen molar-refractivity contribution < 1.29 is 4.74 Å². The Morgan fingerprint density at radius 2 is 1.95 bits per heavy atom. The molecule has 0 atom stereocenters. The number of hydrogen-bond donors (Lipinski definition) is 1. The third-order valence-electron chi connectivity index (χ3n) is 3.43. The van der Waals surface area contributed by atoms with Gasteiger partial charge in [-0.25, -0.2) is 0 Å². The second-order valence-electron chi connectivity index (χ2n) is 5.94. The van der Waals surface area contributed by atoms with E-state index in [-0.39, 0.29) is 5.41 Å². The van der Waals surface area contributed by atoms with Crippen molar-refractivity contribution in [3.05, 3.63) is 46.5 Å². The summed E-state index contributed by atoms with van der Waals surface area (Å²) in [4.78, 5) is 3.16. The van der Waals surface area contributed by atoms with Crippen LogP contribution in [0.3, 0.4) is 0 Å². The third kappa shape index (κ3) is 3.12. The molecule has 0 unspecified atom stereocenters. The maximum atomic E-state index is 5.40. The summed E-state index contributed by atoms with van der Waals surface area (Å²) in [6.07, 6.45) is 2.92. The molecule has 0 saturated carbocycles. The van der Waals surface area contributed by atoms with Crippen LogP contribution in [0.25, 0.3) is 0 Å². The van der Waals surface area contributed by atoms with Crippen LogP contribution in [0.5, 0.6) is 5.75 Å². The fourth-order valence-corrected chi connectivity index (χ4v) is 2.63. The molecule has 20 heavy (non-hydrogen) atoms. The molecule has 2 aromatic rings. The van der Waals surface area contributed by atoms with Gasteiger partial charge in [-0.15, -0.1) is 0 Å². The second-order valence-corrected chi connectivity index (χ2v) is 6.33. The first kappa shape index (κ1) is 14.9. The number of nitrogens with one attached hydrogen (secondary N) is 1. The zero-order valence-corrected chi connectivity index (χ0v) is 13.4. The van der Waals surface area contributed by atoms with Gasteiger partial charge in [0, 0.05) is 23.9 Å². The van der Waals surface area contributed by atoms with Crippen molar-refractivity contribution in [2.45, 2.75) is 39.2 Å². The molecule has 0 spiro atoms. The first-order chi connectivity index (χ1) is 9.43. The molecule has 0 aliphatic heterocycles. The number of aromatic amines is 1. The van der Waals surface area contributed by atoms with Crippen LogP contribution in [0.2, 0.25) is 0 Å². The molecule has 3 nitrogen and oxygen atoms in total. The number of methoxy groups -OCH3 is 1. The van der Waals surface area contributed by atoms with Gasteiger partial charge in [-0.3, -0.25) is 0 Å². The summed E-state index contributed by atoms with van der Waals surface area (Å²) < 4.78 is 8.36. The summed E-state index contributed by atoms with van der Waals surface area (Å²) in [5.74, 6) is 0.937. The Morgan fingerprint density at radius 1 is 1.25 bits per heavy atom. The van der Waals surface area contributed by atoms with Crippen molar-refractivity contribution in [1.82, 2.24) is 9.55 Å². The lowest BCUT2D eigenvalue weighted by Crippen LogP contribution is -2.18. The number of nitrogens with zero attached hydrogens (tertiary/aromatic N) is 1. The van der Waals surface area contributed by atoms with E-state index in [2.05, 4.69) is 36.4 Å². The molecule has 1 aromatic heterocycles. The van der Waals surface area contributed by atoms with Gasteiger partial charge >= 0.3 is 0 Å². The van der Waals surface area contributed by atoms with E-state index in [1.165, 1.54) is 11.3 Å². The van der Waals surface area contributed by atoms with Crippen molar-refractivity contribution >= 4 is 12.2 Å². The van der Waals surface area contributed by atoms with E-state index in [0.717, 1.165) is 23.5 Å². The van der Waals surface area contributed by atoms with Crippen LogP contribution >= 0.6 is 12.2 Å². The molecular weight excluding hydrogens is 268 g/mol. The van der Waals surface area contributed by atoms with Gasteiger partial charge in [0.05, 0.1) is 7.11 Å². The summed E-state index contributed by atoms with van der Waals surface area (Å²) in [5.41, 5.74) is 2.52. The number of aromatic nitrogens is 2. The minimum absolute atomic E-state index is 0.0777. The molecule has 0 fully saturated rings. The monoisotopic (exact) mass is 290 g/mol. The molecule has 0 saturated heterocycles. The minimum Gasteiger partial charge on any atom is -0.496 e. The Morgan fingerprint density at radius 3 is 2.60 bits per heavy atom. The first-order valence-corrected chi connectivity index (χ1v) is 7.25. The molecule has 108 valence electrons. The Kier molecular flexibility index (Phi) is 4.33. The van der Waals surface area contributed by atoms with Gasteiger partial charge in [0.25, 0.3) is 0 Å². The SMILES string of the molecule is COc1ccccc1CCn1c(C(C)(C)C)c[nH]c1=S. The van der Waals surface area contributed by atoms with E-state index in [4.69, 9.17) is 17.0 Å². The quantitative estimate of drug-likeness (QED) is 0.859. The molecule has 0 aliphatic rings. The number of para-hydroxylation sites is 1. The second kappa shape index (κ2) is 5.83. The smallest absolute Gasteiger partial charge is 0.177 e. The molecule has 1 aromatic carbocycles. The van der Waals surface area contributed by atoms with Gasteiger partial charge in [-0.1, -0.05) is 39.0 Å². The highest BCUT2D eigenvalue weighted by atomic mass is 32.1. The van der Waals surface area contributed by atoms with Gasteiger partial charge in [0.2, 0.25) is 0 Å². The van der Waals surface area contributed by atoms with Crippen LogP contribution in [0.15, 0.2) is 30.5 Å². The highest BCUT2D eigenvalue weighted by molar-refractivity contribution is 7.71. The standard InChI is InChI=1S/C16H22N2OS/c1-16(2,3)14-11-17-15(20)18(14)10-9-12-7-5-6-8-13(12)19-4/h5-8,11H,9-10H2,1-4H3,(H,17,20). The number of imidazole rings is 1. The maximum absolute atomic E-state index is 5.40. The molecule has 1 N–H and O–H groups in total. The number of H-pyrrole nitrogens is 1. The molecule has 2 rings (SSSR count). The summed E-state index contributed by atoms with van der Waals surface area (Å²) in [7, 11) is 1.71. The number of benzene rings is 1. The van der Waals surface area contributed by atoms with E-state index < -0.39 is 0 Å². The zero-order valence-electron chi connectivity index (χ0n) is 12.6. The molecular formula is C16H22N2OS.